The van der Waals surface area contributed by atoms with Crippen LogP contribution in [0.3, 0.4) is 0 Å². The molecule has 0 radical (unpaired) electrons. The molecule has 10 heteroatoms. The Labute approximate surface area is 240 Å². The number of hydrogen-bond acceptors (Lipinski definition) is 4. The lowest BCUT2D eigenvalue weighted by molar-refractivity contribution is -0.139. The summed E-state index contributed by atoms with van der Waals surface area (Å²) in [5.41, 5.74) is 1.89. The Bertz CT molecular complexity index is 1420. The van der Waals surface area contributed by atoms with E-state index in [4.69, 9.17) is 23.2 Å². The van der Waals surface area contributed by atoms with Gasteiger partial charge in [-0.3, -0.25) is 13.9 Å². The number of hydrogen-bond donors (Lipinski definition) is 1. The van der Waals surface area contributed by atoms with Crippen molar-refractivity contribution in [1.82, 2.24) is 10.2 Å². The van der Waals surface area contributed by atoms with E-state index >= 15 is 0 Å². The first kappa shape index (κ1) is 30.5. The second kappa shape index (κ2) is 13.3. The summed E-state index contributed by atoms with van der Waals surface area (Å²) in [7, 11) is -4.21. The lowest BCUT2D eigenvalue weighted by atomic mass is 10.1. The van der Waals surface area contributed by atoms with Crippen molar-refractivity contribution in [1.29, 1.82) is 0 Å². The minimum atomic E-state index is -4.21. The first-order chi connectivity index (χ1) is 18.4. The van der Waals surface area contributed by atoms with Crippen LogP contribution in [0.5, 0.6) is 0 Å². The van der Waals surface area contributed by atoms with Gasteiger partial charge in [-0.25, -0.2) is 8.42 Å². The number of rotatable bonds is 11. The molecule has 0 aromatic heterocycles. The summed E-state index contributed by atoms with van der Waals surface area (Å²) >= 11 is 12.5. The van der Waals surface area contributed by atoms with Crippen LogP contribution in [0.2, 0.25) is 10.0 Å². The molecule has 3 aromatic rings. The van der Waals surface area contributed by atoms with Crippen molar-refractivity contribution in [2.75, 3.05) is 10.8 Å². The lowest BCUT2D eigenvalue weighted by Crippen LogP contribution is -2.52. The van der Waals surface area contributed by atoms with Crippen LogP contribution in [-0.2, 0) is 26.2 Å². The SMILES string of the molecule is CC[C@@H](C)NC(=O)[C@@H](C)N(Cc1ccccc1C)C(=O)CN(c1ccc(Cl)cc1Cl)S(=O)(=O)c1ccccc1. The van der Waals surface area contributed by atoms with Crippen molar-refractivity contribution in [3.05, 3.63) is 94.0 Å². The molecule has 2 atom stereocenters. The predicted octanol–water partition coefficient (Wildman–Crippen LogP) is 5.83. The molecule has 3 rings (SSSR count). The van der Waals surface area contributed by atoms with Gasteiger partial charge >= 0.3 is 0 Å². The molecule has 0 aliphatic heterocycles. The second-order valence-corrected chi connectivity index (χ2v) is 12.1. The quantitative estimate of drug-likeness (QED) is 0.305. The largest absolute Gasteiger partial charge is 0.352 e. The maximum Gasteiger partial charge on any atom is 0.264 e. The maximum atomic E-state index is 14.0. The van der Waals surface area contributed by atoms with Crippen LogP contribution >= 0.6 is 23.2 Å². The molecule has 0 spiro atoms. The van der Waals surface area contributed by atoms with E-state index in [2.05, 4.69) is 5.32 Å². The van der Waals surface area contributed by atoms with Gasteiger partial charge in [0.1, 0.15) is 12.6 Å². The first-order valence-corrected chi connectivity index (χ1v) is 14.8. The number of nitrogens with one attached hydrogen (secondary N) is 1. The summed E-state index contributed by atoms with van der Waals surface area (Å²) in [5.74, 6) is -0.885. The standard InChI is InChI=1S/C29H33Cl2N3O4S/c1-5-21(3)32-29(36)22(4)33(18-23-12-10-9-11-20(23)2)28(35)19-34(27-16-15-24(30)17-26(27)31)39(37,38)25-13-7-6-8-14-25/h6-17,21-22H,5,18-19H2,1-4H3,(H,32,36)/t21-,22-/m1/s1. The zero-order valence-electron chi connectivity index (χ0n) is 22.4. The van der Waals surface area contributed by atoms with Crippen molar-refractivity contribution >= 4 is 50.7 Å². The Kier molecular flexibility index (Phi) is 10.4. The highest BCUT2D eigenvalue weighted by atomic mass is 35.5. The predicted molar refractivity (Wildman–Crippen MR) is 157 cm³/mol. The van der Waals surface area contributed by atoms with E-state index in [0.29, 0.717) is 5.02 Å². The monoisotopic (exact) mass is 589 g/mol. The number of carbonyl (C=O) groups excluding carboxylic acids is 2. The highest BCUT2D eigenvalue weighted by Gasteiger charge is 2.33. The fourth-order valence-electron chi connectivity index (χ4n) is 3.94. The number of aryl methyl sites for hydroxylation is 1. The van der Waals surface area contributed by atoms with Gasteiger partial charge in [0.25, 0.3) is 10.0 Å². The zero-order valence-corrected chi connectivity index (χ0v) is 24.7. The maximum absolute atomic E-state index is 14.0. The molecule has 0 saturated heterocycles. The molecule has 0 heterocycles. The average Bonchev–Trinajstić information content (AvgIpc) is 2.91. The van der Waals surface area contributed by atoms with E-state index in [0.717, 1.165) is 21.9 Å². The van der Waals surface area contributed by atoms with Crippen LogP contribution in [0.1, 0.15) is 38.3 Å². The van der Waals surface area contributed by atoms with Crippen molar-refractivity contribution < 1.29 is 18.0 Å². The molecule has 0 bridgehead atoms. The third kappa shape index (κ3) is 7.53. The van der Waals surface area contributed by atoms with Crippen molar-refractivity contribution in [3.8, 4) is 0 Å². The van der Waals surface area contributed by atoms with E-state index in [1.165, 1.54) is 35.2 Å². The van der Waals surface area contributed by atoms with Gasteiger partial charge in [-0.2, -0.15) is 0 Å². The number of anilines is 1. The van der Waals surface area contributed by atoms with E-state index in [1.807, 2.05) is 45.0 Å². The molecular formula is C29H33Cl2N3O4S. The topological polar surface area (TPSA) is 86.8 Å². The highest BCUT2D eigenvalue weighted by Crippen LogP contribution is 2.33. The Morgan fingerprint density at radius 3 is 2.21 bits per heavy atom. The zero-order chi connectivity index (χ0) is 28.7. The molecular weight excluding hydrogens is 557 g/mol. The van der Waals surface area contributed by atoms with Gasteiger partial charge in [0.15, 0.2) is 0 Å². The van der Waals surface area contributed by atoms with Crippen molar-refractivity contribution in [2.45, 2.75) is 57.6 Å². The van der Waals surface area contributed by atoms with Crippen LogP contribution in [0.25, 0.3) is 0 Å². The first-order valence-electron chi connectivity index (χ1n) is 12.6. The van der Waals surface area contributed by atoms with Gasteiger partial charge in [0.05, 0.1) is 15.6 Å². The smallest absolute Gasteiger partial charge is 0.264 e. The van der Waals surface area contributed by atoms with Gasteiger partial charge in [-0.05, 0) is 68.7 Å². The van der Waals surface area contributed by atoms with E-state index in [-0.39, 0.29) is 34.1 Å². The molecule has 39 heavy (non-hydrogen) atoms. The minimum Gasteiger partial charge on any atom is -0.352 e. The summed E-state index contributed by atoms with van der Waals surface area (Å²) in [6, 6.07) is 18.8. The van der Waals surface area contributed by atoms with E-state index in [9.17, 15) is 18.0 Å². The molecule has 0 saturated carbocycles. The van der Waals surface area contributed by atoms with E-state index < -0.39 is 28.5 Å². The van der Waals surface area contributed by atoms with Gasteiger partial charge in [-0.15, -0.1) is 0 Å². The number of halogens is 2. The fourth-order valence-corrected chi connectivity index (χ4v) is 5.95. The van der Waals surface area contributed by atoms with Crippen LogP contribution in [0.15, 0.2) is 77.7 Å². The third-order valence-corrected chi connectivity index (χ3v) is 8.87. The summed E-state index contributed by atoms with van der Waals surface area (Å²) in [6.45, 7) is 6.93. The Balaban J connectivity index is 2.06. The van der Waals surface area contributed by atoms with Gasteiger partial charge in [0, 0.05) is 17.6 Å². The third-order valence-electron chi connectivity index (χ3n) is 6.56. The molecule has 3 aromatic carbocycles. The van der Waals surface area contributed by atoms with Gasteiger partial charge in [0.2, 0.25) is 11.8 Å². The number of benzene rings is 3. The average molecular weight is 591 g/mol. The summed E-state index contributed by atoms with van der Waals surface area (Å²) in [5, 5.41) is 3.32. The minimum absolute atomic E-state index is 0.00293. The molecule has 0 unspecified atom stereocenters. The number of amides is 2. The Morgan fingerprint density at radius 2 is 1.59 bits per heavy atom. The lowest BCUT2D eigenvalue weighted by Gasteiger charge is -2.33. The Hall–Kier alpha value is -3.07. The van der Waals surface area contributed by atoms with Crippen LogP contribution < -0.4 is 9.62 Å². The molecule has 0 aliphatic carbocycles. The normalized spacial score (nSPS) is 12.9. The van der Waals surface area contributed by atoms with Gasteiger partial charge in [-0.1, -0.05) is 72.6 Å². The number of sulfonamides is 1. The van der Waals surface area contributed by atoms with Crippen LogP contribution in [-0.4, -0.2) is 43.8 Å². The molecule has 0 aliphatic rings. The fraction of sp³-hybridized carbons (Fsp3) is 0.310. The Morgan fingerprint density at radius 1 is 0.949 bits per heavy atom. The second-order valence-electron chi connectivity index (χ2n) is 9.36. The molecule has 0 fully saturated rings. The number of carbonyl (C=O) groups is 2. The van der Waals surface area contributed by atoms with Crippen LogP contribution in [0.4, 0.5) is 5.69 Å². The molecule has 208 valence electrons. The summed E-state index contributed by atoms with van der Waals surface area (Å²) in [6.07, 6.45) is 0.725. The summed E-state index contributed by atoms with van der Waals surface area (Å²) in [4.78, 5) is 28.5. The van der Waals surface area contributed by atoms with Gasteiger partial charge < -0.3 is 10.2 Å². The van der Waals surface area contributed by atoms with Crippen molar-refractivity contribution in [2.24, 2.45) is 0 Å². The molecule has 7 nitrogen and oxygen atoms in total. The van der Waals surface area contributed by atoms with Crippen LogP contribution in [0, 0.1) is 6.92 Å². The van der Waals surface area contributed by atoms with E-state index in [1.54, 1.807) is 25.1 Å². The van der Waals surface area contributed by atoms with Crippen molar-refractivity contribution in [3.63, 3.8) is 0 Å². The number of nitrogens with zero attached hydrogens (tertiary/aromatic N) is 2. The molecule has 1 N–H and O–H groups in total. The summed E-state index contributed by atoms with van der Waals surface area (Å²) < 4.78 is 28.6. The highest BCUT2D eigenvalue weighted by molar-refractivity contribution is 7.92. The molecule has 2 amide bonds.